The summed E-state index contributed by atoms with van der Waals surface area (Å²) >= 11 is 5.69. The van der Waals surface area contributed by atoms with Gasteiger partial charge in [-0.3, -0.25) is 0 Å². The monoisotopic (exact) mass is 305 g/mol. The molecular weight excluding hydrogens is 293 g/mol. The quantitative estimate of drug-likeness (QED) is 0.832. The molecule has 2 rings (SSSR count). The number of pyridine rings is 1. The molecule has 0 amide bonds. The van der Waals surface area contributed by atoms with Crippen LogP contribution in [0.15, 0.2) is 42.6 Å². The summed E-state index contributed by atoms with van der Waals surface area (Å²) in [6.07, 6.45) is 2.39. The number of nitrogens with one attached hydrogen (secondary N) is 1. The van der Waals surface area contributed by atoms with Crippen LogP contribution in [-0.2, 0) is 6.61 Å². The first-order valence-corrected chi connectivity index (χ1v) is 6.48. The highest BCUT2D eigenvalue weighted by molar-refractivity contribution is 6.30. The van der Waals surface area contributed by atoms with E-state index in [1.165, 1.54) is 12.3 Å². The molecule has 0 radical (unpaired) electrons. The van der Waals surface area contributed by atoms with Crippen molar-refractivity contribution in [2.45, 2.75) is 6.61 Å². The van der Waals surface area contributed by atoms with Crippen molar-refractivity contribution in [3.8, 4) is 5.88 Å². The van der Waals surface area contributed by atoms with E-state index in [4.69, 9.17) is 27.5 Å². The van der Waals surface area contributed by atoms with E-state index >= 15 is 0 Å². The van der Waals surface area contributed by atoms with Gasteiger partial charge in [0.1, 0.15) is 12.4 Å². The molecule has 3 N–H and O–H groups in total. The largest absolute Gasteiger partial charge is 0.473 e. The number of hydrogen-bond donors (Lipinski definition) is 2. The van der Waals surface area contributed by atoms with Crippen molar-refractivity contribution in [2.24, 2.45) is 5.73 Å². The van der Waals surface area contributed by atoms with Crippen LogP contribution in [0.4, 0.5) is 4.39 Å². The molecular formula is C15H13ClFN3O. The lowest BCUT2D eigenvalue weighted by molar-refractivity contribution is 0.288. The third-order valence-corrected chi connectivity index (χ3v) is 2.98. The molecule has 0 fully saturated rings. The van der Waals surface area contributed by atoms with Crippen LogP contribution in [0.25, 0.3) is 5.57 Å². The van der Waals surface area contributed by atoms with Crippen LogP contribution in [0.5, 0.6) is 5.88 Å². The standard InChI is InChI=1S/C15H13ClFN3O/c16-12-5-4-10(13(17)6-12)9-21-15-3-1-2-14(20-15)11(7-18)8-19/h1-8,18H,9,19H2. The van der Waals surface area contributed by atoms with E-state index in [9.17, 15) is 4.39 Å². The third-order valence-electron chi connectivity index (χ3n) is 2.75. The summed E-state index contributed by atoms with van der Waals surface area (Å²) in [5.41, 5.74) is 6.78. The Morgan fingerprint density at radius 2 is 2.19 bits per heavy atom. The molecule has 0 spiro atoms. The van der Waals surface area contributed by atoms with Crippen molar-refractivity contribution in [1.82, 2.24) is 4.98 Å². The zero-order valence-electron chi connectivity index (χ0n) is 11.0. The lowest BCUT2D eigenvalue weighted by Crippen LogP contribution is -2.01. The Bertz CT molecular complexity index is 688. The highest BCUT2D eigenvalue weighted by Gasteiger charge is 2.06. The van der Waals surface area contributed by atoms with E-state index in [0.29, 0.717) is 27.7 Å². The Kier molecular flexibility index (Phi) is 4.90. The zero-order chi connectivity index (χ0) is 15.2. The molecule has 2 aromatic rings. The van der Waals surface area contributed by atoms with Gasteiger partial charge in [0.15, 0.2) is 0 Å². The molecule has 4 nitrogen and oxygen atoms in total. The number of ether oxygens (including phenoxy) is 1. The summed E-state index contributed by atoms with van der Waals surface area (Å²) in [5, 5.41) is 7.57. The van der Waals surface area contributed by atoms with Crippen molar-refractivity contribution in [3.05, 3.63) is 64.7 Å². The molecule has 0 aliphatic rings. The average Bonchev–Trinajstić information content (AvgIpc) is 2.48. The maximum atomic E-state index is 13.6. The Labute approximate surface area is 126 Å². The number of halogens is 2. The second-order valence-corrected chi connectivity index (χ2v) is 4.59. The van der Waals surface area contributed by atoms with Crippen molar-refractivity contribution in [3.63, 3.8) is 0 Å². The number of rotatable bonds is 5. The molecule has 21 heavy (non-hydrogen) atoms. The van der Waals surface area contributed by atoms with Crippen LogP contribution in [0.1, 0.15) is 11.3 Å². The lowest BCUT2D eigenvalue weighted by Gasteiger charge is -2.08. The van der Waals surface area contributed by atoms with E-state index in [-0.39, 0.29) is 6.61 Å². The molecule has 0 aliphatic carbocycles. The van der Waals surface area contributed by atoms with Crippen LogP contribution in [0.2, 0.25) is 5.02 Å². The number of allylic oxidation sites excluding steroid dienone is 1. The average molecular weight is 306 g/mol. The van der Waals surface area contributed by atoms with E-state index in [1.54, 1.807) is 30.3 Å². The van der Waals surface area contributed by atoms with Gasteiger partial charge in [0, 0.05) is 34.6 Å². The summed E-state index contributed by atoms with van der Waals surface area (Å²) in [7, 11) is 0. The smallest absolute Gasteiger partial charge is 0.214 e. The Hall–Kier alpha value is -2.40. The van der Waals surface area contributed by atoms with Crippen molar-refractivity contribution >= 4 is 23.4 Å². The van der Waals surface area contributed by atoms with Crippen LogP contribution >= 0.6 is 11.6 Å². The van der Waals surface area contributed by atoms with E-state index in [2.05, 4.69) is 4.98 Å². The molecule has 6 heteroatoms. The number of aromatic nitrogens is 1. The molecule has 1 heterocycles. The van der Waals surface area contributed by atoms with Gasteiger partial charge in [-0.25, -0.2) is 9.37 Å². The summed E-state index contributed by atoms with van der Waals surface area (Å²) in [6, 6.07) is 9.47. The summed E-state index contributed by atoms with van der Waals surface area (Å²) in [5.74, 6) is -0.108. The van der Waals surface area contributed by atoms with Gasteiger partial charge in [0.25, 0.3) is 0 Å². The lowest BCUT2D eigenvalue weighted by atomic mass is 10.2. The minimum absolute atomic E-state index is 0.0334. The van der Waals surface area contributed by atoms with E-state index in [0.717, 1.165) is 6.21 Å². The fraction of sp³-hybridized carbons (Fsp3) is 0.0667. The van der Waals surface area contributed by atoms with Gasteiger partial charge in [-0.2, -0.15) is 0 Å². The molecule has 0 bridgehead atoms. The van der Waals surface area contributed by atoms with Crippen molar-refractivity contribution < 1.29 is 9.13 Å². The minimum Gasteiger partial charge on any atom is -0.473 e. The molecule has 1 aromatic heterocycles. The van der Waals surface area contributed by atoms with Crippen molar-refractivity contribution in [1.29, 1.82) is 5.41 Å². The SMILES string of the molecule is N=CC(=CN)c1cccc(OCc2ccc(Cl)cc2F)n1. The summed E-state index contributed by atoms with van der Waals surface area (Å²) in [6.45, 7) is 0.0334. The third kappa shape index (κ3) is 3.79. The Balaban J connectivity index is 2.13. The van der Waals surface area contributed by atoms with Gasteiger partial charge in [-0.05, 0) is 18.2 Å². The van der Waals surface area contributed by atoms with Crippen molar-refractivity contribution in [2.75, 3.05) is 0 Å². The predicted octanol–water partition coefficient (Wildman–Crippen LogP) is 3.40. The number of nitrogens with zero attached hydrogens (tertiary/aromatic N) is 1. The maximum Gasteiger partial charge on any atom is 0.214 e. The fourth-order valence-corrected chi connectivity index (χ4v) is 1.81. The normalized spacial score (nSPS) is 11.2. The van der Waals surface area contributed by atoms with Gasteiger partial charge < -0.3 is 15.9 Å². The second kappa shape index (κ2) is 6.85. The molecule has 0 saturated carbocycles. The fourth-order valence-electron chi connectivity index (χ4n) is 1.65. The summed E-state index contributed by atoms with van der Waals surface area (Å²) < 4.78 is 19.1. The molecule has 108 valence electrons. The molecule has 0 saturated heterocycles. The minimum atomic E-state index is -0.430. The van der Waals surface area contributed by atoms with Crippen LogP contribution in [0, 0.1) is 11.2 Å². The molecule has 0 aliphatic heterocycles. The number of hydrogen-bond acceptors (Lipinski definition) is 4. The van der Waals surface area contributed by atoms with E-state index < -0.39 is 5.82 Å². The Morgan fingerprint density at radius 1 is 1.38 bits per heavy atom. The molecule has 1 aromatic carbocycles. The van der Waals surface area contributed by atoms with Gasteiger partial charge >= 0.3 is 0 Å². The molecule has 0 unspecified atom stereocenters. The molecule has 0 atom stereocenters. The van der Waals surface area contributed by atoms with Gasteiger partial charge in [-0.1, -0.05) is 23.7 Å². The highest BCUT2D eigenvalue weighted by Crippen LogP contribution is 2.18. The van der Waals surface area contributed by atoms with Gasteiger partial charge in [0.2, 0.25) is 5.88 Å². The Morgan fingerprint density at radius 3 is 2.86 bits per heavy atom. The topological polar surface area (TPSA) is 72.0 Å². The zero-order valence-corrected chi connectivity index (χ0v) is 11.8. The second-order valence-electron chi connectivity index (χ2n) is 4.15. The first kappa shape index (κ1) is 15.0. The predicted molar refractivity (Wildman–Crippen MR) is 80.9 cm³/mol. The van der Waals surface area contributed by atoms with Gasteiger partial charge in [0.05, 0.1) is 5.69 Å². The van der Waals surface area contributed by atoms with Gasteiger partial charge in [-0.15, -0.1) is 0 Å². The number of nitrogens with two attached hydrogens (primary N) is 1. The maximum absolute atomic E-state index is 13.6. The van der Waals surface area contributed by atoms with E-state index in [1.807, 2.05) is 0 Å². The van der Waals surface area contributed by atoms with Crippen LogP contribution in [0.3, 0.4) is 0 Å². The first-order chi connectivity index (χ1) is 10.1. The first-order valence-electron chi connectivity index (χ1n) is 6.10. The summed E-state index contributed by atoms with van der Waals surface area (Å²) in [4.78, 5) is 4.21. The number of benzene rings is 1. The van der Waals surface area contributed by atoms with Crippen LogP contribution < -0.4 is 10.5 Å². The van der Waals surface area contributed by atoms with Crippen LogP contribution in [-0.4, -0.2) is 11.2 Å². The highest BCUT2D eigenvalue weighted by atomic mass is 35.5.